The molecule has 146 valence electrons. The highest BCUT2D eigenvalue weighted by atomic mass is 35.5. The Balaban J connectivity index is 1.60. The van der Waals surface area contributed by atoms with Crippen molar-refractivity contribution in [1.29, 1.82) is 0 Å². The molecule has 0 fully saturated rings. The molecule has 0 bridgehead atoms. The first-order chi connectivity index (χ1) is 13.9. The fraction of sp³-hybridized carbons (Fsp3) is 0. The molecule has 0 saturated heterocycles. The van der Waals surface area contributed by atoms with Crippen molar-refractivity contribution in [3.05, 3.63) is 93.5 Å². The van der Waals surface area contributed by atoms with Gasteiger partial charge in [0.1, 0.15) is 11.5 Å². The summed E-state index contributed by atoms with van der Waals surface area (Å²) < 4.78 is 5.28. The van der Waals surface area contributed by atoms with E-state index in [4.69, 9.17) is 27.9 Å². The molecule has 0 aromatic heterocycles. The van der Waals surface area contributed by atoms with E-state index in [9.17, 15) is 14.7 Å². The van der Waals surface area contributed by atoms with Crippen molar-refractivity contribution in [3.8, 4) is 11.5 Å². The van der Waals surface area contributed by atoms with Gasteiger partial charge in [-0.05, 0) is 60.2 Å². The fourth-order valence-electron chi connectivity index (χ4n) is 2.33. The lowest BCUT2D eigenvalue weighted by Crippen LogP contribution is -2.17. The van der Waals surface area contributed by atoms with Gasteiger partial charge in [-0.3, -0.25) is 4.79 Å². The highest BCUT2D eigenvalue weighted by Gasteiger charge is 2.13. The summed E-state index contributed by atoms with van der Waals surface area (Å²) in [5.41, 5.74) is 3.31. The zero-order valence-corrected chi connectivity index (χ0v) is 16.3. The maximum absolute atomic E-state index is 12.2. The first-order valence-corrected chi connectivity index (χ1v) is 9.08. The molecule has 29 heavy (non-hydrogen) atoms. The van der Waals surface area contributed by atoms with Crippen LogP contribution in [0.15, 0.2) is 71.8 Å². The summed E-state index contributed by atoms with van der Waals surface area (Å²) in [6.45, 7) is 0. The fourth-order valence-corrected chi connectivity index (χ4v) is 2.82. The minimum absolute atomic E-state index is 0.118. The number of phenols is 1. The first-order valence-electron chi connectivity index (χ1n) is 8.33. The highest BCUT2D eigenvalue weighted by Crippen LogP contribution is 2.23. The molecule has 6 nitrogen and oxygen atoms in total. The van der Waals surface area contributed by atoms with E-state index in [-0.39, 0.29) is 21.9 Å². The largest absolute Gasteiger partial charge is 0.507 e. The van der Waals surface area contributed by atoms with Crippen molar-refractivity contribution in [1.82, 2.24) is 5.43 Å². The third-order valence-electron chi connectivity index (χ3n) is 3.77. The van der Waals surface area contributed by atoms with Gasteiger partial charge in [0.2, 0.25) is 0 Å². The molecule has 1 amide bonds. The van der Waals surface area contributed by atoms with E-state index in [0.29, 0.717) is 16.3 Å². The molecule has 0 aliphatic heterocycles. The quantitative estimate of drug-likeness (QED) is 0.267. The average Bonchev–Trinajstić information content (AvgIpc) is 2.69. The standard InChI is InChI=1S/C21H14Cl2N2O4/c22-14-7-10-16(18(23)11-14)21(28)29-15-8-5-13(6-9-15)12-24-25-20(27)17-3-1-2-4-19(17)26/h1-12,26H,(H,25,27)/b24-12+. The Hall–Kier alpha value is -3.35. The Labute approximate surface area is 176 Å². The topological polar surface area (TPSA) is 88.0 Å². The second-order valence-corrected chi connectivity index (χ2v) is 6.64. The first kappa shape index (κ1) is 20.4. The Morgan fingerprint density at radius 3 is 2.38 bits per heavy atom. The number of rotatable bonds is 5. The lowest BCUT2D eigenvalue weighted by Gasteiger charge is -2.06. The number of hydrogen-bond donors (Lipinski definition) is 2. The number of phenolic OH excluding ortho intramolecular Hbond substituents is 1. The van der Waals surface area contributed by atoms with E-state index in [1.54, 1.807) is 42.5 Å². The molecule has 0 atom stereocenters. The molecule has 2 N–H and O–H groups in total. The summed E-state index contributed by atoms with van der Waals surface area (Å²) in [7, 11) is 0. The number of nitrogens with one attached hydrogen (secondary N) is 1. The number of carbonyl (C=O) groups is 2. The Morgan fingerprint density at radius 1 is 0.966 bits per heavy atom. The zero-order valence-electron chi connectivity index (χ0n) is 14.8. The monoisotopic (exact) mass is 428 g/mol. The van der Waals surface area contributed by atoms with Crippen LogP contribution in [0.4, 0.5) is 0 Å². The van der Waals surface area contributed by atoms with Crippen molar-refractivity contribution in [3.63, 3.8) is 0 Å². The van der Waals surface area contributed by atoms with Crippen LogP contribution in [0.25, 0.3) is 0 Å². The molecule has 3 aromatic carbocycles. The molecule has 0 heterocycles. The number of aromatic hydroxyl groups is 1. The molecule has 0 saturated carbocycles. The van der Waals surface area contributed by atoms with Crippen molar-refractivity contribution >= 4 is 41.3 Å². The van der Waals surface area contributed by atoms with Crippen LogP contribution in [0.5, 0.6) is 11.5 Å². The van der Waals surface area contributed by atoms with Gasteiger partial charge in [0.05, 0.1) is 22.4 Å². The summed E-state index contributed by atoms with van der Waals surface area (Å²) in [5.74, 6) is -0.962. The Bertz CT molecular complexity index is 1080. The maximum Gasteiger partial charge on any atom is 0.345 e. The van der Waals surface area contributed by atoms with E-state index in [1.807, 2.05) is 0 Å². The Kier molecular flexibility index (Phi) is 6.49. The third kappa shape index (κ3) is 5.34. The summed E-state index contributed by atoms with van der Waals surface area (Å²) >= 11 is 11.8. The van der Waals surface area contributed by atoms with E-state index in [0.717, 1.165) is 0 Å². The van der Waals surface area contributed by atoms with Gasteiger partial charge in [-0.2, -0.15) is 5.10 Å². The number of benzene rings is 3. The van der Waals surface area contributed by atoms with Crippen molar-refractivity contribution < 1.29 is 19.4 Å². The van der Waals surface area contributed by atoms with Crippen molar-refractivity contribution in [2.45, 2.75) is 0 Å². The van der Waals surface area contributed by atoms with Crippen LogP contribution in [0, 0.1) is 0 Å². The van der Waals surface area contributed by atoms with Crippen LogP contribution in [0.1, 0.15) is 26.3 Å². The number of halogens is 2. The van der Waals surface area contributed by atoms with Gasteiger partial charge in [-0.15, -0.1) is 0 Å². The Morgan fingerprint density at radius 2 is 1.69 bits per heavy atom. The van der Waals surface area contributed by atoms with Gasteiger partial charge in [0, 0.05) is 5.02 Å². The second kappa shape index (κ2) is 9.23. The van der Waals surface area contributed by atoms with Gasteiger partial charge in [-0.25, -0.2) is 10.2 Å². The molecular formula is C21H14Cl2N2O4. The van der Waals surface area contributed by atoms with Gasteiger partial charge < -0.3 is 9.84 Å². The molecule has 3 aromatic rings. The molecule has 0 unspecified atom stereocenters. The summed E-state index contributed by atoms with van der Waals surface area (Å²) in [4.78, 5) is 24.1. The number of nitrogens with zero attached hydrogens (tertiary/aromatic N) is 1. The number of hydrogen-bond acceptors (Lipinski definition) is 5. The van der Waals surface area contributed by atoms with Crippen LogP contribution < -0.4 is 10.2 Å². The van der Waals surface area contributed by atoms with Gasteiger partial charge in [-0.1, -0.05) is 35.3 Å². The number of carbonyl (C=O) groups excluding carboxylic acids is 2. The van der Waals surface area contributed by atoms with E-state index in [1.165, 1.54) is 30.5 Å². The van der Waals surface area contributed by atoms with Gasteiger partial charge in [0.15, 0.2) is 0 Å². The number of hydrazone groups is 1. The van der Waals surface area contributed by atoms with Crippen LogP contribution in [-0.2, 0) is 0 Å². The molecule has 3 rings (SSSR count). The second-order valence-electron chi connectivity index (χ2n) is 5.80. The van der Waals surface area contributed by atoms with E-state index in [2.05, 4.69) is 10.5 Å². The lowest BCUT2D eigenvalue weighted by atomic mass is 10.2. The summed E-state index contributed by atoms with van der Waals surface area (Å²) in [6, 6.07) is 17.1. The van der Waals surface area contributed by atoms with Crippen LogP contribution in [-0.4, -0.2) is 23.2 Å². The smallest absolute Gasteiger partial charge is 0.345 e. The molecule has 8 heteroatoms. The average molecular weight is 429 g/mol. The minimum Gasteiger partial charge on any atom is -0.507 e. The van der Waals surface area contributed by atoms with Crippen molar-refractivity contribution in [2.24, 2.45) is 5.10 Å². The van der Waals surface area contributed by atoms with Crippen LogP contribution in [0.2, 0.25) is 10.0 Å². The normalized spacial score (nSPS) is 10.7. The summed E-state index contributed by atoms with van der Waals surface area (Å²) in [5, 5.41) is 14.1. The third-order valence-corrected chi connectivity index (χ3v) is 4.32. The van der Waals surface area contributed by atoms with Crippen LogP contribution in [0.3, 0.4) is 0 Å². The number of amides is 1. The zero-order chi connectivity index (χ0) is 20.8. The molecule has 0 radical (unpaired) electrons. The van der Waals surface area contributed by atoms with E-state index < -0.39 is 11.9 Å². The van der Waals surface area contributed by atoms with Crippen molar-refractivity contribution in [2.75, 3.05) is 0 Å². The minimum atomic E-state index is -0.608. The molecule has 0 aliphatic carbocycles. The number of ether oxygens (including phenoxy) is 1. The number of para-hydroxylation sites is 1. The van der Waals surface area contributed by atoms with E-state index >= 15 is 0 Å². The summed E-state index contributed by atoms with van der Waals surface area (Å²) in [6.07, 6.45) is 1.42. The van der Waals surface area contributed by atoms with Gasteiger partial charge >= 0.3 is 5.97 Å². The predicted octanol–water partition coefficient (Wildman–Crippen LogP) is 4.68. The molecule has 0 aliphatic rings. The number of esters is 1. The molecular weight excluding hydrogens is 415 g/mol. The SMILES string of the molecule is O=C(N/N=C/c1ccc(OC(=O)c2ccc(Cl)cc2Cl)cc1)c1ccccc1O. The highest BCUT2D eigenvalue weighted by molar-refractivity contribution is 6.36. The maximum atomic E-state index is 12.2. The molecule has 0 spiro atoms. The van der Waals surface area contributed by atoms with Crippen LogP contribution >= 0.6 is 23.2 Å². The predicted molar refractivity (Wildman–Crippen MR) is 111 cm³/mol. The lowest BCUT2D eigenvalue weighted by molar-refractivity contribution is 0.0734. The van der Waals surface area contributed by atoms with Gasteiger partial charge in [0.25, 0.3) is 5.91 Å².